The maximum absolute atomic E-state index is 6.38. The smallest absolute Gasteiger partial charge is 0.0196 e. The van der Waals surface area contributed by atoms with Crippen LogP contribution in [-0.2, 0) is 0 Å². The fourth-order valence-electron chi connectivity index (χ4n) is 3.44. The third kappa shape index (κ3) is 2.98. The van der Waals surface area contributed by atoms with Crippen molar-refractivity contribution in [3.63, 3.8) is 0 Å². The minimum absolute atomic E-state index is 0.426. The van der Waals surface area contributed by atoms with Crippen LogP contribution in [-0.4, -0.2) is 30.1 Å². The van der Waals surface area contributed by atoms with E-state index in [-0.39, 0.29) is 0 Å². The lowest BCUT2D eigenvalue weighted by Crippen LogP contribution is -2.48. The lowest BCUT2D eigenvalue weighted by Gasteiger charge is -2.39. The molecule has 0 bridgehead atoms. The molecule has 0 aromatic rings. The molecular weight excluding hydrogens is 196 g/mol. The number of likely N-dealkylation sites (tertiary alicyclic amines) is 1. The number of hydrogen-bond acceptors (Lipinski definition) is 2. The Bertz CT molecular complexity index is 211. The fourth-order valence-corrected chi connectivity index (χ4v) is 3.44. The van der Waals surface area contributed by atoms with E-state index in [0.29, 0.717) is 6.04 Å². The van der Waals surface area contributed by atoms with Crippen molar-refractivity contribution < 1.29 is 0 Å². The van der Waals surface area contributed by atoms with Gasteiger partial charge in [-0.2, -0.15) is 0 Å². The van der Waals surface area contributed by atoms with Crippen molar-refractivity contribution in [2.75, 3.05) is 13.1 Å². The Balaban J connectivity index is 1.82. The Morgan fingerprint density at radius 2 is 1.81 bits per heavy atom. The molecule has 16 heavy (non-hydrogen) atoms. The summed E-state index contributed by atoms with van der Waals surface area (Å²) in [7, 11) is 0. The highest BCUT2D eigenvalue weighted by molar-refractivity contribution is 4.84. The Morgan fingerprint density at radius 1 is 1.12 bits per heavy atom. The second kappa shape index (κ2) is 5.50. The second-order valence-electron chi connectivity index (χ2n) is 6.19. The molecule has 1 heterocycles. The lowest BCUT2D eigenvalue weighted by molar-refractivity contribution is 0.109. The Morgan fingerprint density at radius 3 is 2.50 bits per heavy atom. The van der Waals surface area contributed by atoms with E-state index in [9.17, 15) is 0 Å². The molecule has 0 spiro atoms. The molecule has 3 atom stereocenters. The van der Waals surface area contributed by atoms with E-state index >= 15 is 0 Å². The van der Waals surface area contributed by atoms with Gasteiger partial charge >= 0.3 is 0 Å². The second-order valence-corrected chi connectivity index (χ2v) is 6.19. The van der Waals surface area contributed by atoms with Crippen LogP contribution in [0.2, 0.25) is 0 Å². The van der Waals surface area contributed by atoms with Gasteiger partial charge < -0.3 is 5.73 Å². The molecule has 2 aliphatic rings. The minimum Gasteiger partial charge on any atom is -0.326 e. The van der Waals surface area contributed by atoms with Crippen LogP contribution in [0.15, 0.2) is 0 Å². The van der Waals surface area contributed by atoms with Gasteiger partial charge in [0.2, 0.25) is 0 Å². The van der Waals surface area contributed by atoms with Crippen LogP contribution in [0.25, 0.3) is 0 Å². The average Bonchev–Trinajstić information content (AvgIpc) is 2.76. The molecule has 2 heteroatoms. The highest BCUT2D eigenvalue weighted by Crippen LogP contribution is 2.28. The predicted octanol–water partition coefficient (Wildman–Crippen LogP) is 2.62. The average molecular weight is 224 g/mol. The molecule has 2 rings (SSSR count). The quantitative estimate of drug-likeness (QED) is 0.798. The number of rotatable bonds is 3. The zero-order chi connectivity index (χ0) is 11.5. The maximum atomic E-state index is 6.38. The normalized spacial score (nSPS) is 35.4. The fraction of sp³-hybridized carbons (Fsp3) is 1.00. The van der Waals surface area contributed by atoms with Gasteiger partial charge in [-0.1, -0.05) is 19.8 Å². The molecule has 0 amide bonds. The number of hydrogen-bond donors (Lipinski definition) is 1. The van der Waals surface area contributed by atoms with E-state index in [0.717, 1.165) is 24.4 Å². The molecule has 2 N–H and O–H groups in total. The number of piperidine rings is 1. The minimum atomic E-state index is 0.426. The SMILES string of the molecule is CC1CCC(C)N(CC(N)C2CCCC2)C1. The van der Waals surface area contributed by atoms with E-state index in [1.807, 2.05) is 0 Å². The van der Waals surface area contributed by atoms with E-state index < -0.39 is 0 Å². The molecule has 1 saturated heterocycles. The largest absolute Gasteiger partial charge is 0.326 e. The first-order valence-corrected chi connectivity index (χ1v) is 7.16. The molecule has 2 nitrogen and oxygen atoms in total. The maximum Gasteiger partial charge on any atom is 0.0196 e. The molecule has 0 radical (unpaired) electrons. The monoisotopic (exact) mass is 224 g/mol. The highest BCUT2D eigenvalue weighted by atomic mass is 15.2. The van der Waals surface area contributed by atoms with Crippen molar-refractivity contribution in [3.05, 3.63) is 0 Å². The van der Waals surface area contributed by atoms with Crippen LogP contribution < -0.4 is 5.73 Å². The molecule has 94 valence electrons. The van der Waals surface area contributed by atoms with Gasteiger partial charge in [0.25, 0.3) is 0 Å². The molecule has 0 aromatic carbocycles. The topological polar surface area (TPSA) is 29.3 Å². The summed E-state index contributed by atoms with van der Waals surface area (Å²) in [5.74, 6) is 1.68. The van der Waals surface area contributed by atoms with Crippen molar-refractivity contribution in [2.24, 2.45) is 17.6 Å². The summed E-state index contributed by atoms with van der Waals surface area (Å²) in [5, 5.41) is 0. The van der Waals surface area contributed by atoms with Crippen molar-refractivity contribution in [1.82, 2.24) is 4.90 Å². The summed E-state index contributed by atoms with van der Waals surface area (Å²) in [6.07, 6.45) is 8.32. The standard InChI is InChI=1S/C14H28N2/c1-11-7-8-12(2)16(9-11)10-14(15)13-5-3-4-6-13/h11-14H,3-10,15H2,1-2H3. The van der Waals surface area contributed by atoms with E-state index in [2.05, 4.69) is 18.7 Å². The molecule has 0 aromatic heterocycles. The van der Waals surface area contributed by atoms with Crippen molar-refractivity contribution in [1.29, 1.82) is 0 Å². The number of nitrogens with two attached hydrogens (primary N) is 1. The van der Waals surface area contributed by atoms with E-state index in [1.54, 1.807) is 0 Å². The van der Waals surface area contributed by atoms with Crippen LogP contribution in [0.1, 0.15) is 52.4 Å². The summed E-state index contributed by atoms with van der Waals surface area (Å²) in [6, 6.07) is 1.18. The molecule has 1 saturated carbocycles. The number of nitrogens with zero attached hydrogens (tertiary/aromatic N) is 1. The third-order valence-corrected chi connectivity index (χ3v) is 4.70. The summed E-state index contributed by atoms with van der Waals surface area (Å²) >= 11 is 0. The molecule has 1 aliphatic carbocycles. The van der Waals surface area contributed by atoms with Gasteiger partial charge in [-0.25, -0.2) is 0 Å². The van der Waals surface area contributed by atoms with Gasteiger partial charge in [0.05, 0.1) is 0 Å². The van der Waals surface area contributed by atoms with Gasteiger partial charge in [-0.15, -0.1) is 0 Å². The third-order valence-electron chi connectivity index (χ3n) is 4.70. The first kappa shape index (κ1) is 12.4. The Labute approximate surface area is 101 Å². The predicted molar refractivity (Wildman–Crippen MR) is 69.4 cm³/mol. The Hall–Kier alpha value is -0.0800. The van der Waals surface area contributed by atoms with Crippen LogP contribution in [0, 0.1) is 11.8 Å². The van der Waals surface area contributed by atoms with Crippen LogP contribution in [0.3, 0.4) is 0 Å². The van der Waals surface area contributed by atoms with E-state index in [1.165, 1.54) is 45.1 Å². The van der Waals surface area contributed by atoms with Gasteiger partial charge in [-0.05, 0) is 44.4 Å². The zero-order valence-electron chi connectivity index (χ0n) is 11.0. The van der Waals surface area contributed by atoms with Gasteiger partial charge in [-0.3, -0.25) is 4.90 Å². The van der Waals surface area contributed by atoms with Gasteiger partial charge in [0.15, 0.2) is 0 Å². The zero-order valence-corrected chi connectivity index (χ0v) is 11.0. The molecule has 3 unspecified atom stereocenters. The lowest BCUT2D eigenvalue weighted by atomic mass is 9.92. The van der Waals surface area contributed by atoms with Crippen molar-refractivity contribution in [2.45, 2.75) is 64.5 Å². The van der Waals surface area contributed by atoms with Crippen molar-refractivity contribution in [3.8, 4) is 0 Å². The van der Waals surface area contributed by atoms with Crippen molar-refractivity contribution >= 4 is 0 Å². The molecular formula is C14H28N2. The first-order chi connectivity index (χ1) is 7.66. The molecule has 2 fully saturated rings. The first-order valence-electron chi connectivity index (χ1n) is 7.16. The van der Waals surface area contributed by atoms with Gasteiger partial charge in [0.1, 0.15) is 0 Å². The van der Waals surface area contributed by atoms with E-state index in [4.69, 9.17) is 5.73 Å². The summed E-state index contributed by atoms with van der Waals surface area (Å²) in [4.78, 5) is 2.64. The van der Waals surface area contributed by atoms with Crippen LogP contribution in [0.5, 0.6) is 0 Å². The Kier molecular flexibility index (Phi) is 4.26. The summed E-state index contributed by atoms with van der Waals surface area (Å²) < 4.78 is 0. The summed E-state index contributed by atoms with van der Waals surface area (Å²) in [6.45, 7) is 7.14. The molecule has 1 aliphatic heterocycles. The van der Waals surface area contributed by atoms with Gasteiger partial charge in [0, 0.05) is 25.2 Å². The summed E-state index contributed by atoms with van der Waals surface area (Å²) in [5.41, 5.74) is 6.38. The highest BCUT2D eigenvalue weighted by Gasteiger charge is 2.28. The van der Waals surface area contributed by atoms with Crippen LogP contribution in [0.4, 0.5) is 0 Å². The van der Waals surface area contributed by atoms with Crippen LogP contribution >= 0.6 is 0 Å².